The Balaban J connectivity index is 1.73. The van der Waals surface area contributed by atoms with Crippen molar-refractivity contribution in [2.45, 2.75) is 50.8 Å². The van der Waals surface area contributed by atoms with Crippen LogP contribution >= 0.6 is 0 Å². The van der Waals surface area contributed by atoms with Crippen LogP contribution in [-0.4, -0.2) is 78.8 Å². The van der Waals surface area contributed by atoms with Crippen LogP contribution in [0, 0.1) is 13.8 Å². The summed E-state index contributed by atoms with van der Waals surface area (Å²) in [6.45, 7) is 7.34. The van der Waals surface area contributed by atoms with E-state index in [1.54, 1.807) is 0 Å². The number of likely N-dealkylation sites (N-methyl/N-ethyl adjacent to an activating group) is 1. The van der Waals surface area contributed by atoms with E-state index in [-0.39, 0.29) is 18.1 Å². The van der Waals surface area contributed by atoms with Crippen molar-refractivity contribution in [1.82, 2.24) is 15.1 Å². The average molecular weight is 375 g/mol. The fraction of sp³-hybridized carbons (Fsp3) is 0.667. The van der Waals surface area contributed by atoms with Crippen molar-refractivity contribution in [2.24, 2.45) is 0 Å². The van der Waals surface area contributed by atoms with E-state index in [1.807, 2.05) is 46.1 Å². The molecule has 2 fully saturated rings. The quantitative estimate of drug-likeness (QED) is 0.743. The van der Waals surface area contributed by atoms with Crippen molar-refractivity contribution in [3.8, 4) is 0 Å². The lowest BCUT2D eigenvalue weighted by Crippen LogP contribution is -2.63. The van der Waals surface area contributed by atoms with E-state index in [1.165, 1.54) is 0 Å². The van der Waals surface area contributed by atoms with Gasteiger partial charge in [0.2, 0.25) is 5.91 Å². The van der Waals surface area contributed by atoms with E-state index in [2.05, 4.69) is 20.4 Å². The number of amides is 1. The molecule has 150 valence electrons. The van der Waals surface area contributed by atoms with Gasteiger partial charge in [-0.25, -0.2) is 0 Å². The normalized spacial score (nSPS) is 26.1. The number of piperidine rings is 2. The molecule has 6 heteroatoms. The molecule has 2 aliphatic rings. The zero-order valence-corrected chi connectivity index (χ0v) is 17.1. The summed E-state index contributed by atoms with van der Waals surface area (Å²) >= 11 is 0. The lowest BCUT2D eigenvalue weighted by molar-refractivity contribution is -0.130. The number of likely N-dealkylation sites (tertiary alicyclic amines) is 1. The van der Waals surface area contributed by atoms with Gasteiger partial charge >= 0.3 is 0 Å². The van der Waals surface area contributed by atoms with Crippen molar-refractivity contribution in [3.05, 3.63) is 29.3 Å². The molecule has 3 N–H and O–H groups in total. The molecule has 2 atom stereocenters. The molecule has 27 heavy (non-hydrogen) atoms. The number of benzene rings is 1. The molecule has 1 aromatic carbocycles. The van der Waals surface area contributed by atoms with Gasteiger partial charge in [0.25, 0.3) is 0 Å². The summed E-state index contributed by atoms with van der Waals surface area (Å²) in [4.78, 5) is 17.8. The maximum absolute atomic E-state index is 13.4. The summed E-state index contributed by atoms with van der Waals surface area (Å²) in [5, 5.41) is 16.8. The standard InChI is InChI=1S/C21H34N4O2/c1-15-6-5-7-16(2)19(15)23-20(27)21(24(3)4)9-12-25(13-10-21)17-8-11-22-14-18(17)26/h5-7,17-18,22,26H,8-14H2,1-4H3,(H,23,27)/t17-,18-/m1/s1. The average Bonchev–Trinajstić information content (AvgIpc) is 2.65. The Morgan fingerprint density at radius 2 is 1.89 bits per heavy atom. The number of nitrogens with zero attached hydrogens (tertiary/aromatic N) is 2. The van der Waals surface area contributed by atoms with E-state index in [0.29, 0.717) is 6.54 Å². The van der Waals surface area contributed by atoms with Crippen molar-refractivity contribution >= 4 is 11.6 Å². The number of hydrogen-bond acceptors (Lipinski definition) is 5. The van der Waals surface area contributed by atoms with Gasteiger partial charge in [-0.15, -0.1) is 0 Å². The highest BCUT2D eigenvalue weighted by Crippen LogP contribution is 2.32. The molecular weight excluding hydrogens is 340 g/mol. The fourth-order valence-corrected chi connectivity index (χ4v) is 4.60. The van der Waals surface area contributed by atoms with Gasteiger partial charge < -0.3 is 15.7 Å². The topological polar surface area (TPSA) is 67.8 Å². The van der Waals surface area contributed by atoms with E-state index in [9.17, 15) is 9.90 Å². The number of carbonyl (C=O) groups is 1. The largest absolute Gasteiger partial charge is 0.390 e. The third-order valence-electron chi connectivity index (χ3n) is 6.51. The first-order valence-electron chi connectivity index (χ1n) is 10.0. The first-order valence-corrected chi connectivity index (χ1v) is 10.0. The lowest BCUT2D eigenvalue weighted by atomic mass is 9.83. The summed E-state index contributed by atoms with van der Waals surface area (Å²) in [5.74, 6) is 0.0791. The third kappa shape index (κ3) is 4.04. The summed E-state index contributed by atoms with van der Waals surface area (Å²) < 4.78 is 0. The number of β-amino-alcohol motifs (C(OH)–C–C–N with tert-alkyl or cyclic N) is 1. The van der Waals surface area contributed by atoms with E-state index in [0.717, 1.165) is 55.7 Å². The zero-order valence-electron chi connectivity index (χ0n) is 17.1. The number of nitrogens with one attached hydrogen (secondary N) is 2. The second-order valence-corrected chi connectivity index (χ2v) is 8.31. The predicted octanol–water partition coefficient (Wildman–Crippen LogP) is 1.36. The molecule has 0 radical (unpaired) electrons. The van der Waals surface area contributed by atoms with Crippen LogP contribution in [0.5, 0.6) is 0 Å². The minimum Gasteiger partial charge on any atom is -0.390 e. The Morgan fingerprint density at radius 1 is 1.26 bits per heavy atom. The van der Waals surface area contributed by atoms with Gasteiger partial charge in [-0.2, -0.15) is 0 Å². The summed E-state index contributed by atoms with van der Waals surface area (Å²) in [7, 11) is 4.00. The molecule has 0 unspecified atom stereocenters. The van der Waals surface area contributed by atoms with Crippen LogP contribution in [0.15, 0.2) is 18.2 Å². The van der Waals surface area contributed by atoms with Crippen molar-refractivity contribution in [3.63, 3.8) is 0 Å². The third-order valence-corrected chi connectivity index (χ3v) is 6.51. The summed E-state index contributed by atoms with van der Waals surface area (Å²) in [6, 6.07) is 6.29. The van der Waals surface area contributed by atoms with Gasteiger partial charge in [-0.3, -0.25) is 14.6 Å². The molecule has 0 aliphatic carbocycles. The summed E-state index contributed by atoms with van der Waals surface area (Å²) in [5.41, 5.74) is 2.60. The second kappa shape index (κ2) is 8.27. The minimum atomic E-state index is -0.511. The van der Waals surface area contributed by atoms with Crippen LogP contribution in [-0.2, 0) is 4.79 Å². The number of rotatable bonds is 4. The van der Waals surface area contributed by atoms with Gasteiger partial charge in [0, 0.05) is 31.4 Å². The van der Waals surface area contributed by atoms with Gasteiger partial charge in [-0.05, 0) is 64.9 Å². The number of aliphatic hydroxyl groups is 1. The molecule has 0 bridgehead atoms. The van der Waals surface area contributed by atoms with Gasteiger partial charge in [0.1, 0.15) is 5.54 Å². The number of hydrogen-bond donors (Lipinski definition) is 3. The SMILES string of the molecule is Cc1cccc(C)c1NC(=O)C1(N(C)C)CCN([C@@H]2CCNC[C@H]2O)CC1. The van der Waals surface area contributed by atoms with Crippen LogP contribution in [0.2, 0.25) is 0 Å². The monoisotopic (exact) mass is 374 g/mol. The number of aryl methyl sites for hydroxylation is 2. The molecule has 0 spiro atoms. The molecule has 2 saturated heterocycles. The van der Waals surface area contributed by atoms with Crippen LogP contribution in [0.4, 0.5) is 5.69 Å². The Kier molecular flexibility index (Phi) is 6.21. The minimum absolute atomic E-state index is 0.0791. The smallest absolute Gasteiger partial charge is 0.244 e. The molecule has 0 saturated carbocycles. The van der Waals surface area contributed by atoms with E-state index in [4.69, 9.17) is 0 Å². The molecule has 1 amide bonds. The van der Waals surface area contributed by atoms with E-state index < -0.39 is 5.54 Å². The van der Waals surface area contributed by atoms with E-state index >= 15 is 0 Å². The number of anilines is 1. The molecule has 3 rings (SSSR count). The zero-order chi connectivity index (χ0) is 19.6. The van der Waals surface area contributed by atoms with Crippen LogP contribution in [0.3, 0.4) is 0 Å². The number of para-hydroxylation sites is 1. The molecule has 2 heterocycles. The Labute approximate surface area is 162 Å². The van der Waals surface area contributed by atoms with Gasteiger partial charge in [-0.1, -0.05) is 18.2 Å². The first kappa shape index (κ1) is 20.3. The Bertz CT molecular complexity index is 648. The highest BCUT2D eigenvalue weighted by Gasteiger charge is 2.45. The maximum Gasteiger partial charge on any atom is 0.244 e. The van der Waals surface area contributed by atoms with Crippen molar-refractivity contribution in [2.75, 3.05) is 45.6 Å². The molecule has 2 aliphatic heterocycles. The summed E-state index contributed by atoms with van der Waals surface area (Å²) in [6.07, 6.45) is 2.18. The first-order chi connectivity index (χ1) is 12.8. The molecular formula is C21H34N4O2. The van der Waals surface area contributed by atoms with Gasteiger partial charge in [0.15, 0.2) is 0 Å². The Morgan fingerprint density at radius 3 is 2.44 bits per heavy atom. The lowest BCUT2D eigenvalue weighted by Gasteiger charge is -2.48. The highest BCUT2D eigenvalue weighted by molar-refractivity contribution is 5.99. The Hall–Kier alpha value is -1.47. The van der Waals surface area contributed by atoms with Crippen LogP contribution in [0.1, 0.15) is 30.4 Å². The molecule has 0 aromatic heterocycles. The fourth-order valence-electron chi connectivity index (χ4n) is 4.60. The number of aliphatic hydroxyl groups excluding tert-OH is 1. The van der Waals surface area contributed by atoms with Crippen LogP contribution in [0.25, 0.3) is 0 Å². The van der Waals surface area contributed by atoms with Crippen molar-refractivity contribution in [1.29, 1.82) is 0 Å². The number of carbonyl (C=O) groups excluding carboxylic acids is 1. The van der Waals surface area contributed by atoms with Crippen molar-refractivity contribution < 1.29 is 9.90 Å². The predicted molar refractivity (Wildman–Crippen MR) is 109 cm³/mol. The molecule has 1 aromatic rings. The maximum atomic E-state index is 13.4. The van der Waals surface area contributed by atoms with Gasteiger partial charge in [0.05, 0.1) is 6.10 Å². The highest BCUT2D eigenvalue weighted by atomic mass is 16.3. The molecule has 6 nitrogen and oxygen atoms in total. The second-order valence-electron chi connectivity index (χ2n) is 8.31. The van der Waals surface area contributed by atoms with Crippen LogP contribution < -0.4 is 10.6 Å².